The van der Waals surface area contributed by atoms with Crippen molar-refractivity contribution in [2.24, 2.45) is 7.05 Å². The highest BCUT2D eigenvalue weighted by Gasteiger charge is 2.16. The molecule has 27 heavy (non-hydrogen) atoms. The average molecular weight is 363 g/mol. The highest BCUT2D eigenvalue weighted by molar-refractivity contribution is 6.03. The number of aromatic nitrogens is 2. The number of methoxy groups -OCH3 is 1. The average Bonchev–Trinajstić information content (AvgIpc) is 3.03. The number of carbonyl (C=O) groups excluding carboxylic acids is 1. The molecule has 2 aromatic carbocycles. The van der Waals surface area contributed by atoms with E-state index in [2.05, 4.69) is 55.5 Å². The molecule has 5 heteroatoms. The van der Waals surface area contributed by atoms with Gasteiger partial charge in [-0.3, -0.25) is 9.48 Å². The maximum absolute atomic E-state index is 12.6. The molecule has 140 valence electrons. The third-order valence-corrected chi connectivity index (χ3v) is 4.49. The van der Waals surface area contributed by atoms with Crippen LogP contribution in [0.2, 0.25) is 0 Å². The molecule has 1 aromatic heterocycles. The first-order chi connectivity index (χ1) is 12.8. The van der Waals surface area contributed by atoms with Crippen LogP contribution in [0.5, 0.6) is 5.75 Å². The van der Waals surface area contributed by atoms with E-state index in [1.54, 1.807) is 17.9 Å². The van der Waals surface area contributed by atoms with Crippen LogP contribution in [0, 0.1) is 0 Å². The van der Waals surface area contributed by atoms with E-state index in [1.165, 1.54) is 5.56 Å². The van der Waals surface area contributed by atoms with Gasteiger partial charge in [-0.05, 0) is 34.7 Å². The lowest BCUT2D eigenvalue weighted by Crippen LogP contribution is -2.13. The van der Waals surface area contributed by atoms with Crippen LogP contribution in [0.1, 0.15) is 36.8 Å². The summed E-state index contributed by atoms with van der Waals surface area (Å²) in [6.07, 6.45) is 0. The van der Waals surface area contributed by atoms with Crippen LogP contribution in [0.4, 0.5) is 5.69 Å². The van der Waals surface area contributed by atoms with Crippen molar-refractivity contribution in [2.45, 2.75) is 26.2 Å². The smallest absolute Gasteiger partial charge is 0.276 e. The highest BCUT2D eigenvalue weighted by atomic mass is 16.5. The molecular weight excluding hydrogens is 338 g/mol. The summed E-state index contributed by atoms with van der Waals surface area (Å²) in [7, 11) is 3.44. The van der Waals surface area contributed by atoms with E-state index in [-0.39, 0.29) is 11.3 Å². The minimum Gasteiger partial charge on any atom is -0.497 e. The summed E-state index contributed by atoms with van der Waals surface area (Å²) < 4.78 is 6.91. The molecule has 0 spiro atoms. The molecule has 0 atom stereocenters. The zero-order valence-electron chi connectivity index (χ0n) is 16.4. The van der Waals surface area contributed by atoms with Gasteiger partial charge in [-0.25, -0.2) is 0 Å². The summed E-state index contributed by atoms with van der Waals surface area (Å²) in [6, 6.07) is 17.4. The lowest BCUT2D eigenvalue weighted by atomic mass is 9.86. The fourth-order valence-electron chi connectivity index (χ4n) is 2.89. The van der Waals surface area contributed by atoms with Gasteiger partial charge >= 0.3 is 0 Å². The fourth-order valence-corrected chi connectivity index (χ4v) is 2.89. The molecule has 0 aliphatic rings. The standard InChI is InChI=1S/C22H25N3O2/c1-22(2,3)16-11-9-15(10-12-16)20-14-19(24-25(20)4)21(26)23-17-7-6-8-18(13-17)27-5/h6-14H,1-5H3,(H,23,26). The first kappa shape index (κ1) is 18.7. The second kappa shape index (κ2) is 7.27. The minimum absolute atomic E-state index is 0.104. The predicted molar refractivity (Wildman–Crippen MR) is 108 cm³/mol. The van der Waals surface area contributed by atoms with Gasteiger partial charge in [0.2, 0.25) is 0 Å². The fraction of sp³-hybridized carbons (Fsp3) is 0.273. The molecule has 0 saturated heterocycles. The van der Waals surface area contributed by atoms with Gasteiger partial charge in [-0.2, -0.15) is 5.10 Å². The monoisotopic (exact) mass is 363 g/mol. The van der Waals surface area contributed by atoms with Crippen molar-refractivity contribution in [2.75, 3.05) is 12.4 Å². The number of aryl methyl sites for hydroxylation is 1. The van der Waals surface area contributed by atoms with Crippen molar-refractivity contribution >= 4 is 11.6 Å². The Labute approximate surface area is 160 Å². The number of carbonyl (C=O) groups is 1. The summed E-state index contributed by atoms with van der Waals surface area (Å²) in [5.41, 5.74) is 4.33. The Morgan fingerprint density at radius 3 is 2.41 bits per heavy atom. The molecule has 3 aromatic rings. The molecule has 0 saturated carbocycles. The van der Waals surface area contributed by atoms with Crippen molar-refractivity contribution in [3.8, 4) is 17.0 Å². The van der Waals surface area contributed by atoms with Gasteiger partial charge in [-0.1, -0.05) is 51.1 Å². The third-order valence-electron chi connectivity index (χ3n) is 4.49. The zero-order valence-corrected chi connectivity index (χ0v) is 16.4. The van der Waals surface area contributed by atoms with E-state index in [0.29, 0.717) is 17.1 Å². The molecule has 0 aliphatic heterocycles. The van der Waals surface area contributed by atoms with Crippen molar-refractivity contribution in [3.05, 3.63) is 65.9 Å². The summed E-state index contributed by atoms with van der Waals surface area (Å²) in [5.74, 6) is 0.435. The summed E-state index contributed by atoms with van der Waals surface area (Å²) in [5, 5.41) is 7.23. The number of hydrogen-bond donors (Lipinski definition) is 1. The van der Waals surface area contributed by atoms with E-state index in [9.17, 15) is 4.79 Å². The first-order valence-corrected chi connectivity index (χ1v) is 8.88. The van der Waals surface area contributed by atoms with Crippen LogP contribution in [0.15, 0.2) is 54.6 Å². The number of nitrogens with zero attached hydrogens (tertiary/aromatic N) is 2. The van der Waals surface area contributed by atoms with Gasteiger partial charge in [0.25, 0.3) is 5.91 Å². The molecule has 3 rings (SSSR count). The van der Waals surface area contributed by atoms with Crippen molar-refractivity contribution in [1.82, 2.24) is 9.78 Å². The van der Waals surface area contributed by atoms with Gasteiger partial charge in [-0.15, -0.1) is 0 Å². The predicted octanol–water partition coefficient (Wildman–Crippen LogP) is 4.65. The van der Waals surface area contributed by atoms with Crippen LogP contribution >= 0.6 is 0 Å². The SMILES string of the molecule is COc1cccc(NC(=O)c2cc(-c3ccc(C(C)(C)C)cc3)n(C)n2)c1. The maximum Gasteiger partial charge on any atom is 0.276 e. The molecule has 0 bridgehead atoms. The molecule has 0 radical (unpaired) electrons. The van der Waals surface area contributed by atoms with Crippen molar-refractivity contribution < 1.29 is 9.53 Å². The quantitative estimate of drug-likeness (QED) is 0.734. The van der Waals surface area contributed by atoms with Crippen molar-refractivity contribution in [1.29, 1.82) is 0 Å². The van der Waals surface area contributed by atoms with Crippen LogP contribution in [0.3, 0.4) is 0 Å². The normalized spacial score (nSPS) is 11.3. The number of rotatable bonds is 4. The molecule has 5 nitrogen and oxygen atoms in total. The Morgan fingerprint density at radius 2 is 1.78 bits per heavy atom. The highest BCUT2D eigenvalue weighted by Crippen LogP contribution is 2.26. The van der Waals surface area contributed by atoms with Crippen LogP contribution in [-0.4, -0.2) is 22.8 Å². The number of anilines is 1. The summed E-state index contributed by atoms with van der Waals surface area (Å²) >= 11 is 0. The number of amides is 1. The topological polar surface area (TPSA) is 56.1 Å². The van der Waals surface area contributed by atoms with E-state index in [0.717, 1.165) is 11.3 Å². The maximum atomic E-state index is 12.6. The van der Waals surface area contributed by atoms with Gasteiger partial charge < -0.3 is 10.1 Å². The Kier molecular flexibility index (Phi) is 5.04. The summed E-state index contributed by atoms with van der Waals surface area (Å²) in [6.45, 7) is 6.56. The molecule has 1 N–H and O–H groups in total. The Hall–Kier alpha value is -3.08. The van der Waals surface area contributed by atoms with Gasteiger partial charge in [0.15, 0.2) is 5.69 Å². The molecule has 0 unspecified atom stereocenters. The molecule has 1 amide bonds. The lowest BCUT2D eigenvalue weighted by Gasteiger charge is -2.19. The van der Waals surface area contributed by atoms with Gasteiger partial charge in [0.05, 0.1) is 12.8 Å². The lowest BCUT2D eigenvalue weighted by molar-refractivity contribution is 0.102. The second-order valence-electron chi connectivity index (χ2n) is 7.55. The number of benzene rings is 2. The molecular formula is C22H25N3O2. The minimum atomic E-state index is -0.253. The Morgan fingerprint density at radius 1 is 1.07 bits per heavy atom. The Balaban J connectivity index is 1.82. The number of nitrogens with one attached hydrogen (secondary N) is 1. The first-order valence-electron chi connectivity index (χ1n) is 8.88. The van der Waals surface area contributed by atoms with Crippen LogP contribution in [-0.2, 0) is 12.5 Å². The van der Waals surface area contributed by atoms with E-state index in [1.807, 2.05) is 31.3 Å². The second-order valence-corrected chi connectivity index (χ2v) is 7.55. The number of ether oxygens (including phenoxy) is 1. The van der Waals surface area contributed by atoms with E-state index in [4.69, 9.17) is 4.74 Å². The van der Waals surface area contributed by atoms with Gasteiger partial charge in [0.1, 0.15) is 5.75 Å². The Bertz CT molecular complexity index is 950. The van der Waals surface area contributed by atoms with Crippen molar-refractivity contribution in [3.63, 3.8) is 0 Å². The van der Waals surface area contributed by atoms with Crippen LogP contribution in [0.25, 0.3) is 11.3 Å². The third kappa shape index (κ3) is 4.19. The molecule has 0 aliphatic carbocycles. The van der Waals surface area contributed by atoms with E-state index >= 15 is 0 Å². The number of hydrogen-bond acceptors (Lipinski definition) is 3. The summed E-state index contributed by atoms with van der Waals surface area (Å²) in [4.78, 5) is 12.6. The zero-order chi connectivity index (χ0) is 19.6. The molecule has 0 fully saturated rings. The molecule has 1 heterocycles. The van der Waals surface area contributed by atoms with Crippen LogP contribution < -0.4 is 10.1 Å². The van der Waals surface area contributed by atoms with Gasteiger partial charge in [0, 0.05) is 18.8 Å². The largest absolute Gasteiger partial charge is 0.497 e. The van der Waals surface area contributed by atoms with E-state index < -0.39 is 0 Å².